The number of nitrogens with zero attached hydrogens (tertiary/aromatic N) is 5. The first-order valence-corrected chi connectivity index (χ1v) is 8.20. The van der Waals surface area contributed by atoms with Crippen LogP contribution in [-0.2, 0) is 18.4 Å². The predicted octanol–water partition coefficient (Wildman–Crippen LogP) is 1.61. The molecule has 3 heterocycles. The van der Waals surface area contributed by atoms with Gasteiger partial charge in [-0.1, -0.05) is 35.3 Å². The molecule has 0 aliphatic carbocycles. The monoisotopic (exact) mass is 338 g/mol. The van der Waals surface area contributed by atoms with Crippen molar-refractivity contribution in [2.75, 3.05) is 7.05 Å². The van der Waals surface area contributed by atoms with Crippen molar-refractivity contribution in [3.63, 3.8) is 0 Å². The van der Waals surface area contributed by atoms with Gasteiger partial charge in [-0.25, -0.2) is 13.9 Å². The zero-order chi connectivity index (χ0) is 17.9. The minimum atomic E-state index is -0.582. The lowest BCUT2D eigenvalue weighted by Crippen LogP contribution is -2.57. The van der Waals surface area contributed by atoms with Crippen LogP contribution < -0.4 is 4.57 Å². The Bertz CT molecular complexity index is 929. The molecule has 2 aromatic rings. The fourth-order valence-corrected chi connectivity index (χ4v) is 3.51. The molecule has 4 rings (SSSR count). The Morgan fingerprint density at radius 3 is 2.52 bits per heavy atom. The lowest BCUT2D eigenvalue weighted by atomic mass is 10.1. The summed E-state index contributed by atoms with van der Waals surface area (Å²) in [6.45, 7) is 4.23. The Morgan fingerprint density at radius 1 is 1.16 bits per heavy atom. The van der Waals surface area contributed by atoms with Crippen molar-refractivity contribution in [1.29, 1.82) is 0 Å². The van der Waals surface area contributed by atoms with Gasteiger partial charge in [0.1, 0.15) is 11.4 Å². The lowest BCUT2D eigenvalue weighted by Gasteiger charge is -2.33. The van der Waals surface area contributed by atoms with Crippen molar-refractivity contribution in [1.82, 2.24) is 14.4 Å². The van der Waals surface area contributed by atoms with E-state index < -0.39 is 6.04 Å². The van der Waals surface area contributed by atoms with Gasteiger partial charge < -0.3 is 0 Å². The highest BCUT2D eigenvalue weighted by Gasteiger charge is 2.53. The van der Waals surface area contributed by atoms with E-state index in [-0.39, 0.29) is 18.5 Å². The van der Waals surface area contributed by atoms with Crippen molar-refractivity contribution in [2.45, 2.75) is 26.4 Å². The third kappa shape index (κ3) is 2.05. The zero-order valence-electron chi connectivity index (χ0n) is 14.7. The second kappa shape index (κ2) is 5.27. The Hall–Kier alpha value is -2.96. The summed E-state index contributed by atoms with van der Waals surface area (Å²) in [5.74, 6) is 0.959. The summed E-state index contributed by atoms with van der Waals surface area (Å²) >= 11 is 0. The van der Waals surface area contributed by atoms with Crippen LogP contribution in [0.3, 0.4) is 0 Å². The fourth-order valence-electron chi connectivity index (χ4n) is 3.51. The normalized spacial score (nSPS) is 19.2. The standard InChI is InChI=1S/C18H20N5O2/c1-11-12(2)23-14-15(19-17(23)20(11)3)21(4)18(25)22(16(14)24)10-13-8-6-5-7-9-13/h5-9,14H,10H2,1-4H3/q+1. The van der Waals surface area contributed by atoms with E-state index in [1.165, 1.54) is 9.80 Å². The molecule has 2 aliphatic heterocycles. The van der Waals surface area contributed by atoms with Gasteiger partial charge in [-0.15, -0.1) is 0 Å². The van der Waals surface area contributed by atoms with Crippen LogP contribution in [0.5, 0.6) is 0 Å². The Labute approximate surface area is 145 Å². The molecule has 2 aliphatic rings. The quantitative estimate of drug-likeness (QED) is 0.781. The van der Waals surface area contributed by atoms with Gasteiger partial charge >= 0.3 is 12.0 Å². The van der Waals surface area contributed by atoms with Gasteiger partial charge in [-0.3, -0.25) is 14.6 Å². The topological polar surface area (TPSA) is 61.8 Å². The second-order valence-electron chi connectivity index (χ2n) is 6.52. The van der Waals surface area contributed by atoms with Crippen LogP contribution in [0.1, 0.15) is 23.0 Å². The van der Waals surface area contributed by atoms with Crippen molar-refractivity contribution in [3.8, 4) is 0 Å². The summed E-state index contributed by atoms with van der Waals surface area (Å²) in [6.07, 6.45) is 0. The van der Waals surface area contributed by atoms with Crippen LogP contribution in [0, 0.1) is 13.8 Å². The summed E-state index contributed by atoms with van der Waals surface area (Å²) in [5, 5.41) is 0. The zero-order valence-corrected chi connectivity index (χ0v) is 14.7. The lowest BCUT2D eigenvalue weighted by molar-refractivity contribution is -0.663. The second-order valence-corrected chi connectivity index (χ2v) is 6.52. The molecule has 1 fully saturated rings. The summed E-state index contributed by atoms with van der Waals surface area (Å²) < 4.78 is 3.88. The van der Waals surface area contributed by atoms with Crippen LogP contribution >= 0.6 is 0 Å². The summed E-state index contributed by atoms with van der Waals surface area (Å²) in [6, 6.07) is 8.61. The van der Waals surface area contributed by atoms with Crippen LogP contribution in [-0.4, -0.2) is 39.2 Å². The highest BCUT2D eigenvalue weighted by Crippen LogP contribution is 2.35. The number of rotatable bonds is 2. The number of fused-ring (bicyclic) bond motifs is 3. The first-order valence-electron chi connectivity index (χ1n) is 8.20. The number of amidine groups is 1. The van der Waals surface area contributed by atoms with E-state index in [4.69, 9.17) is 0 Å². The van der Waals surface area contributed by atoms with Crippen LogP contribution in [0.25, 0.3) is 0 Å². The Kier molecular flexibility index (Phi) is 3.28. The molecule has 0 bridgehead atoms. The molecule has 7 nitrogen and oxygen atoms in total. The minimum Gasteiger partial charge on any atom is -0.270 e. The Morgan fingerprint density at radius 2 is 1.84 bits per heavy atom. The van der Waals surface area contributed by atoms with Gasteiger partial charge in [-0.2, -0.15) is 0 Å². The molecule has 0 saturated carbocycles. The number of imidazole rings is 1. The van der Waals surface area contributed by atoms with Crippen LogP contribution in [0.4, 0.5) is 10.7 Å². The molecule has 1 aromatic carbocycles. The maximum atomic E-state index is 13.2. The average Bonchev–Trinajstić information content (AvgIpc) is 3.11. The van der Waals surface area contributed by atoms with E-state index in [1.807, 2.05) is 60.4 Å². The first-order chi connectivity index (χ1) is 11.9. The molecule has 0 N–H and O–H groups in total. The van der Waals surface area contributed by atoms with E-state index in [9.17, 15) is 9.59 Å². The Balaban J connectivity index is 1.78. The molecule has 1 saturated heterocycles. The fraction of sp³-hybridized carbons (Fsp3) is 0.333. The molecule has 1 atom stereocenters. The third-order valence-electron chi connectivity index (χ3n) is 5.17. The summed E-state index contributed by atoms with van der Waals surface area (Å²) in [4.78, 5) is 33.3. The molecule has 0 spiro atoms. The number of benzene rings is 1. The highest BCUT2D eigenvalue weighted by molar-refractivity contribution is 6.20. The van der Waals surface area contributed by atoms with Crippen molar-refractivity contribution >= 4 is 23.7 Å². The maximum Gasteiger partial charge on any atom is 0.401 e. The molecule has 128 valence electrons. The molecular weight excluding hydrogens is 318 g/mol. The van der Waals surface area contributed by atoms with Crippen molar-refractivity contribution < 1.29 is 14.2 Å². The molecule has 25 heavy (non-hydrogen) atoms. The van der Waals surface area contributed by atoms with E-state index in [0.29, 0.717) is 11.8 Å². The number of aliphatic imine (C=N–C) groups is 1. The number of imide groups is 1. The van der Waals surface area contributed by atoms with Crippen molar-refractivity contribution in [3.05, 3.63) is 47.3 Å². The highest BCUT2D eigenvalue weighted by atomic mass is 16.2. The summed E-state index contributed by atoms with van der Waals surface area (Å²) in [5.41, 5.74) is 2.96. The first kappa shape index (κ1) is 15.6. The van der Waals surface area contributed by atoms with Gasteiger partial charge in [0.25, 0.3) is 5.91 Å². The largest absolute Gasteiger partial charge is 0.401 e. The molecule has 1 aromatic heterocycles. The number of carbonyl (C=O) groups is 2. The predicted molar refractivity (Wildman–Crippen MR) is 91.4 cm³/mol. The number of aromatic nitrogens is 2. The molecule has 7 heteroatoms. The summed E-state index contributed by atoms with van der Waals surface area (Å²) in [7, 11) is 3.59. The molecule has 0 radical (unpaired) electrons. The number of hydrogen-bond donors (Lipinski definition) is 0. The van der Waals surface area contributed by atoms with Gasteiger partial charge in [0, 0.05) is 7.05 Å². The maximum absolute atomic E-state index is 13.2. The van der Waals surface area contributed by atoms with Gasteiger partial charge in [0.15, 0.2) is 0 Å². The third-order valence-corrected chi connectivity index (χ3v) is 5.17. The van der Waals surface area contributed by atoms with E-state index in [0.717, 1.165) is 17.0 Å². The number of carbonyl (C=O) groups excluding carboxylic acids is 2. The van der Waals surface area contributed by atoms with E-state index in [1.54, 1.807) is 7.05 Å². The smallest absolute Gasteiger partial charge is 0.270 e. The van der Waals surface area contributed by atoms with Gasteiger partial charge in [-0.05, 0) is 19.4 Å². The van der Waals surface area contributed by atoms with Crippen molar-refractivity contribution in [2.24, 2.45) is 12.0 Å². The van der Waals surface area contributed by atoms with Crippen LogP contribution in [0.2, 0.25) is 0 Å². The number of likely N-dealkylation sites (N-methyl/N-ethyl adjacent to an activating group) is 1. The minimum absolute atomic E-state index is 0.233. The van der Waals surface area contributed by atoms with E-state index in [2.05, 4.69) is 4.99 Å². The van der Waals surface area contributed by atoms with Crippen LogP contribution in [0.15, 0.2) is 35.3 Å². The number of hydrogen-bond acceptors (Lipinski definition) is 3. The molecular formula is C18H20N5O2+. The molecule has 1 unspecified atom stereocenters. The average molecular weight is 338 g/mol. The SMILES string of the molecule is Cc1c(C)[n+](C)c2n1C1C(=O)N(Cc3ccccc3)C(=O)N(C)C1=N2. The van der Waals surface area contributed by atoms with Gasteiger partial charge in [0.05, 0.1) is 13.6 Å². The molecule has 3 amide bonds. The number of amides is 3. The van der Waals surface area contributed by atoms with E-state index >= 15 is 0 Å². The number of urea groups is 1. The van der Waals surface area contributed by atoms with Gasteiger partial charge in [0.2, 0.25) is 11.9 Å².